The number of ether oxygens (including phenoxy) is 1. The van der Waals surface area contributed by atoms with E-state index in [0.717, 1.165) is 11.4 Å². The van der Waals surface area contributed by atoms with E-state index in [0.29, 0.717) is 13.0 Å². The highest BCUT2D eigenvalue weighted by Gasteiger charge is 2.37. The number of methoxy groups -OCH3 is 1. The number of pyridine rings is 1. The summed E-state index contributed by atoms with van der Waals surface area (Å²) >= 11 is 0. The van der Waals surface area contributed by atoms with Gasteiger partial charge in [0.2, 0.25) is 10.0 Å². The lowest BCUT2D eigenvalue weighted by Gasteiger charge is -2.34. The molecule has 0 fully saturated rings. The molecule has 22 heavy (non-hydrogen) atoms. The van der Waals surface area contributed by atoms with Gasteiger partial charge in [0.15, 0.2) is 0 Å². The van der Waals surface area contributed by atoms with Crippen LogP contribution < -0.4 is 0 Å². The van der Waals surface area contributed by atoms with Gasteiger partial charge in [0.1, 0.15) is 4.90 Å². The number of aromatic nitrogens is 3. The minimum atomic E-state index is -3.63. The molecule has 0 aliphatic carbocycles. The van der Waals surface area contributed by atoms with Gasteiger partial charge in [-0.2, -0.15) is 4.31 Å². The summed E-state index contributed by atoms with van der Waals surface area (Å²) in [6, 6.07) is 2.92. The molecule has 2 aromatic heterocycles. The van der Waals surface area contributed by atoms with Gasteiger partial charge in [-0.15, -0.1) is 0 Å². The summed E-state index contributed by atoms with van der Waals surface area (Å²) < 4.78 is 34.4. The quantitative estimate of drug-likeness (QED) is 0.823. The van der Waals surface area contributed by atoms with Gasteiger partial charge in [0, 0.05) is 38.7 Å². The van der Waals surface area contributed by atoms with E-state index >= 15 is 0 Å². The molecule has 0 radical (unpaired) electrons. The van der Waals surface area contributed by atoms with E-state index in [-0.39, 0.29) is 17.5 Å². The Balaban J connectivity index is 2.01. The zero-order chi connectivity index (χ0) is 15.7. The van der Waals surface area contributed by atoms with E-state index in [2.05, 4.69) is 9.97 Å². The van der Waals surface area contributed by atoms with Crippen LogP contribution in [0.2, 0.25) is 0 Å². The van der Waals surface area contributed by atoms with Crippen molar-refractivity contribution in [1.82, 2.24) is 18.8 Å². The number of hydrogen-bond acceptors (Lipinski definition) is 5. The molecule has 1 aliphatic rings. The number of rotatable bonds is 4. The Labute approximate surface area is 129 Å². The Bertz CT molecular complexity index is 758. The van der Waals surface area contributed by atoms with E-state index in [1.54, 1.807) is 31.8 Å². The van der Waals surface area contributed by atoms with Crippen LogP contribution in [0.15, 0.2) is 35.7 Å². The molecular weight excluding hydrogens is 304 g/mol. The molecule has 0 aromatic carbocycles. The van der Waals surface area contributed by atoms with E-state index in [4.69, 9.17) is 4.74 Å². The number of hydrogen-bond donors (Lipinski definition) is 0. The molecule has 0 saturated carbocycles. The smallest absolute Gasteiger partial charge is 0.245 e. The summed E-state index contributed by atoms with van der Waals surface area (Å²) in [6.45, 7) is 0.589. The first-order valence-electron chi connectivity index (χ1n) is 6.94. The summed E-state index contributed by atoms with van der Waals surface area (Å²) in [7, 11) is -0.131. The number of imidazole rings is 1. The van der Waals surface area contributed by atoms with Crippen molar-refractivity contribution in [2.45, 2.75) is 23.9 Å². The highest BCUT2D eigenvalue weighted by molar-refractivity contribution is 7.89. The van der Waals surface area contributed by atoms with Gasteiger partial charge in [-0.05, 0) is 12.1 Å². The van der Waals surface area contributed by atoms with Gasteiger partial charge in [-0.25, -0.2) is 13.4 Å². The Morgan fingerprint density at radius 1 is 1.45 bits per heavy atom. The van der Waals surface area contributed by atoms with Crippen LogP contribution in [0.3, 0.4) is 0 Å². The molecule has 8 heteroatoms. The number of sulfonamides is 1. The van der Waals surface area contributed by atoms with Crippen LogP contribution in [0.5, 0.6) is 0 Å². The fraction of sp³-hybridized carbons (Fsp3) is 0.429. The standard InChI is InChI=1S/C14H18N4O3S/c1-17-10-16-13-8-18(11(9-21-2)6-14(13)17)22(19,20)12-4-3-5-15-7-12/h3-5,7,10-11H,6,8-9H2,1-2H3/t11-/m0/s1. The monoisotopic (exact) mass is 322 g/mol. The zero-order valence-corrected chi connectivity index (χ0v) is 13.3. The largest absolute Gasteiger partial charge is 0.383 e. The Kier molecular flexibility index (Phi) is 3.98. The topological polar surface area (TPSA) is 77.3 Å². The van der Waals surface area contributed by atoms with Gasteiger partial charge in [-0.1, -0.05) is 0 Å². The fourth-order valence-electron chi connectivity index (χ4n) is 2.75. The average molecular weight is 322 g/mol. The second-order valence-electron chi connectivity index (χ2n) is 5.30. The molecule has 1 aliphatic heterocycles. The van der Waals surface area contributed by atoms with Crippen LogP contribution in [0.4, 0.5) is 0 Å². The van der Waals surface area contributed by atoms with Crippen molar-refractivity contribution in [3.63, 3.8) is 0 Å². The minimum Gasteiger partial charge on any atom is -0.383 e. The number of nitrogens with zero attached hydrogens (tertiary/aromatic N) is 4. The average Bonchev–Trinajstić information content (AvgIpc) is 2.88. The van der Waals surface area contributed by atoms with E-state index < -0.39 is 10.0 Å². The highest BCUT2D eigenvalue weighted by atomic mass is 32.2. The summed E-state index contributed by atoms with van der Waals surface area (Å²) in [5.41, 5.74) is 1.85. The van der Waals surface area contributed by atoms with Crippen LogP contribution in [-0.2, 0) is 34.8 Å². The van der Waals surface area contributed by atoms with Crippen LogP contribution in [0, 0.1) is 0 Å². The van der Waals surface area contributed by atoms with Crippen LogP contribution in [0.25, 0.3) is 0 Å². The highest BCUT2D eigenvalue weighted by Crippen LogP contribution is 2.28. The second kappa shape index (κ2) is 5.79. The summed E-state index contributed by atoms with van der Waals surface area (Å²) in [5.74, 6) is 0. The lowest BCUT2D eigenvalue weighted by atomic mass is 10.1. The predicted octanol–water partition coefficient (Wildman–Crippen LogP) is 0.577. The first kappa shape index (κ1) is 15.1. The molecule has 1 atom stereocenters. The third-order valence-electron chi connectivity index (χ3n) is 3.89. The molecular formula is C14H18N4O3S. The second-order valence-corrected chi connectivity index (χ2v) is 7.19. The SMILES string of the molecule is COC[C@@H]1Cc2c(ncn2C)CN1S(=O)(=O)c1cccnc1. The van der Waals surface area contributed by atoms with Crippen molar-refractivity contribution in [1.29, 1.82) is 0 Å². The van der Waals surface area contributed by atoms with E-state index in [1.807, 2.05) is 11.6 Å². The Hall–Kier alpha value is -1.77. The third kappa shape index (κ3) is 2.53. The first-order valence-corrected chi connectivity index (χ1v) is 8.38. The molecule has 118 valence electrons. The Morgan fingerprint density at radius 2 is 2.27 bits per heavy atom. The number of aryl methyl sites for hydroxylation is 1. The van der Waals surface area contributed by atoms with Crippen molar-refractivity contribution in [2.24, 2.45) is 7.05 Å². The predicted molar refractivity (Wildman–Crippen MR) is 79.5 cm³/mol. The third-order valence-corrected chi connectivity index (χ3v) is 5.77. The van der Waals surface area contributed by atoms with E-state index in [9.17, 15) is 8.42 Å². The molecule has 7 nitrogen and oxygen atoms in total. The number of fused-ring (bicyclic) bond motifs is 1. The minimum absolute atomic E-state index is 0.190. The first-order chi connectivity index (χ1) is 10.5. The molecule has 3 rings (SSSR count). The molecule has 2 aromatic rings. The normalized spacial score (nSPS) is 19.1. The summed E-state index contributed by atoms with van der Waals surface area (Å²) in [6.07, 6.45) is 5.22. The molecule has 0 N–H and O–H groups in total. The van der Waals surface area contributed by atoms with Crippen molar-refractivity contribution in [2.75, 3.05) is 13.7 Å². The molecule has 0 amide bonds. The van der Waals surface area contributed by atoms with Gasteiger partial charge < -0.3 is 9.30 Å². The molecule has 0 saturated heterocycles. The van der Waals surface area contributed by atoms with Crippen molar-refractivity contribution in [3.8, 4) is 0 Å². The van der Waals surface area contributed by atoms with Crippen LogP contribution in [0.1, 0.15) is 11.4 Å². The van der Waals surface area contributed by atoms with Gasteiger partial charge in [0.25, 0.3) is 0 Å². The molecule has 0 spiro atoms. The fourth-order valence-corrected chi connectivity index (χ4v) is 4.29. The molecule has 0 bridgehead atoms. The molecule has 0 unspecified atom stereocenters. The summed E-state index contributed by atoms with van der Waals surface area (Å²) in [5, 5.41) is 0. The van der Waals surface area contributed by atoms with Crippen LogP contribution in [-0.4, -0.2) is 47.0 Å². The van der Waals surface area contributed by atoms with Crippen molar-refractivity contribution >= 4 is 10.0 Å². The van der Waals surface area contributed by atoms with Crippen molar-refractivity contribution < 1.29 is 13.2 Å². The maximum atomic E-state index is 12.9. The van der Waals surface area contributed by atoms with Gasteiger partial charge >= 0.3 is 0 Å². The van der Waals surface area contributed by atoms with Crippen LogP contribution >= 0.6 is 0 Å². The van der Waals surface area contributed by atoms with Gasteiger partial charge in [0.05, 0.1) is 31.2 Å². The Morgan fingerprint density at radius 3 is 2.95 bits per heavy atom. The lowest BCUT2D eigenvalue weighted by molar-refractivity contribution is 0.122. The maximum Gasteiger partial charge on any atom is 0.245 e. The van der Waals surface area contributed by atoms with Crippen molar-refractivity contribution in [3.05, 3.63) is 42.2 Å². The zero-order valence-electron chi connectivity index (χ0n) is 12.5. The maximum absolute atomic E-state index is 12.9. The van der Waals surface area contributed by atoms with Gasteiger partial charge in [-0.3, -0.25) is 4.98 Å². The van der Waals surface area contributed by atoms with E-state index in [1.165, 1.54) is 10.5 Å². The lowest BCUT2D eigenvalue weighted by Crippen LogP contribution is -2.46. The summed E-state index contributed by atoms with van der Waals surface area (Å²) in [4.78, 5) is 8.41. The molecule has 3 heterocycles.